The lowest BCUT2D eigenvalue weighted by Crippen LogP contribution is -2.20. The second-order valence-electron chi connectivity index (χ2n) is 5.48. The van der Waals surface area contributed by atoms with E-state index in [1.165, 1.54) is 5.01 Å². The van der Waals surface area contributed by atoms with Crippen LogP contribution in [0.1, 0.15) is 13.3 Å². The lowest BCUT2D eigenvalue weighted by atomic mass is 10.1. The molecule has 0 unspecified atom stereocenters. The lowest BCUT2D eigenvalue weighted by molar-refractivity contribution is -0.116. The molecule has 2 aromatic carbocycles. The summed E-state index contributed by atoms with van der Waals surface area (Å²) in [6, 6.07) is 11.0. The Labute approximate surface area is 142 Å². The second-order valence-corrected chi connectivity index (χ2v) is 6.32. The summed E-state index contributed by atoms with van der Waals surface area (Å²) in [7, 11) is 0. The first-order chi connectivity index (χ1) is 11.0. The Hall–Kier alpha value is -2.17. The molecular weight excluding hydrogens is 333 g/mol. The highest BCUT2D eigenvalue weighted by atomic mass is 35.5. The highest BCUT2D eigenvalue weighted by molar-refractivity contribution is 6.39. The van der Waals surface area contributed by atoms with E-state index >= 15 is 0 Å². The van der Waals surface area contributed by atoms with Crippen molar-refractivity contribution >= 4 is 62.3 Å². The number of halogens is 2. The van der Waals surface area contributed by atoms with Gasteiger partial charge in [-0.15, -0.1) is 0 Å². The predicted octanol–water partition coefficient (Wildman–Crippen LogP) is 4.81. The minimum atomic E-state index is -0.0729. The smallest absolute Gasteiger partial charge is 0.253 e. The van der Waals surface area contributed by atoms with Crippen LogP contribution in [-0.2, 0) is 4.79 Å². The Morgan fingerprint density at radius 3 is 2.65 bits per heavy atom. The number of pyridine rings is 1. The summed E-state index contributed by atoms with van der Waals surface area (Å²) in [5.74, 6) is -0.0729. The summed E-state index contributed by atoms with van der Waals surface area (Å²) in [5.41, 5.74) is 2.82. The molecule has 4 nitrogen and oxygen atoms in total. The zero-order valence-corrected chi connectivity index (χ0v) is 13.7. The van der Waals surface area contributed by atoms with Crippen LogP contribution < -0.4 is 5.01 Å². The van der Waals surface area contributed by atoms with Crippen LogP contribution in [0.15, 0.2) is 41.5 Å². The summed E-state index contributed by atoms with van der Waals surface area (Å²) in [5, 5.41) is 8.32. The van der Waals surface area contributed by atoms with E-state index in [0.29, 0.717) is 33.1 Å². The van der Waals surface area contributed by atoms with Gasteiger partial charge in [-0.05, 0) is 25.1 Å². The van der Waals surface area contributed by atoms with Gasteiger partial charge in [-0.2, -0.15) is 10.1 Å². The van der Waals surface area contributed by atoms with Crippen molar-refractivity contribution in [3.05, 3.63) is 46.4 Å². The van der Waals surface area contributed by atoms with E-state index in [1.807, 2.05) is 31.2 Å². The van der Waals surface area contributed by atoms with Gasteiger partial charge < -0.3 is 0 Å². The van der Waals surface area contributed by atoms with E-state index in [1.54, 1.807) is 12.1 Å². The molecular formula is C17H11Cl2N3O. The number of hydrogen-bond donors (Lipinski definition) is 0. The molecule has 0 fully saturated rings. The van der Waals surface area contributed by atoms with Gasteiger partial charge in [0.1, 0.15) is 0 Å². The van der Waals surface area contributed by atoms with Crippen LogP contribution in [0.5, 0.6) is 0 Å². The van der Waals surface area contributed by atoms with E-state index in [2.05, 4.69) is 10.1 Å². The van der Waals surface area contributed by atoms with Gasteiger partial charge in [-0.3, -0.25) is 4.79 Å². The maximum atomic E-state index is 12.4. The van der Waals surface area contributed by atoms with E-state index in [9.17, 15) is 4.79 Å². The quantitative estimate of drug-likeness (QED) is 0.595. The van der Waals surface area contributed by atoms with Crippen molar-refractivity contribution in [1.82, 2.24) is 4.98 Å². The molecule has 0 N–H and O–H groups in total. The zero-order chi connectivity index (χ0) is 16.1. The highest BCUT2D eigenvalue weighted by Gasteiger charge is 2.27. The molecule has 0 aliphatic carbocycles. The van der Waals surface area contributed by atoms with Gasteiger partial charge in [0.25, 0.3) is 5.91 Å². The van der Waals surface area contributed by atoms with E-state index in [4.69, 9.17) is 23.2 Å². The van der Waals surface area contributed by atoms with Gasteiger partial charge in [-0.1, -0.05) is 41.4 Å². The molecule has 0 saturated carbocycles. The average molecular weight is 344 g/mol. The van der Waals surface area contributed by atoms with Crippen LogP contribution in [0.25, 0.3) is 21.8 Å². The Bertz CT molecular complexity index is 1010. The van der Waals surface area contributed by atoms with Crippen molar-refractivity contribution in [1.29, 1.82) is 0 Å². The van der Waals surface area contributed by atoms with Gasteiger partial charge >= 0.3 is 0 Å². The number of carbonyl (C=O) groups excluding carboxylic acids is 1. The number of benzene rings is 2. The summed E-state index contributed by atoms with van der Waals surface area (Å²) in [6.45, 7) is 1.84. The van der Waals surface area contributed by atoms with Crippen LogP contribution in [0, 0.1) is 0 Å². The number of hydrogen-bond acceptors (Lipinski definition) is 3. The van der Waals surface area contributed by atoms with Gasteiger partial charge in [0.15, 0.2) is 0 Å². The van der Waals surface area contributed by atoms with Crippen molar-refractivity contribution in [2.45, 2.75) is 13.3 Å². The number of fused-ring (bicyclic) bond motifs is 2. The summed E-state index contributed by atoms with van der Waals surface area (Å²) < 4.78 is 0. The Kier molecular flexibility index (Phi) is 3.25. The van der Waals surface area contributed by atoms with Crippen molar-refractivity contribution in [3.63, 3.8) is 0 Å². The van der Waals surface area contributed by atoms with Crippen LogP contribution in [0.3, 0.4) is 0 Å². The maximum Gasteiger partial charge on any atom is 0.253 e. The monoisotopic (exact) mass is 343 g/mol. The van der Waals surface area contributed by atoms with Crippen molar-refractivity contribution in [3.8, 4) is 0 Å². The fourth-order valence-corrected chi connectivity index (χ4v) is 3.39. The van der Waals surface area contributed by atoms with Crippen LogP contribution in [-0.4, -0.2) is 16.6 Å². The molecule has 1 aliphatic heterocycles. The Balaban J connectivity index is 2.19. The highest BCUT2D eigenvalue weighted by Crippen LogP contribution is 2.39. The van der Waals surface area contributed by atoms with Gasteiger partial charge in [0.2, 0.25) is 0 Å². The molecule has 0 atom stereocenters. The molecule has 3 aromatic rings. The first-order valence-corrected chi connectivity index (χ1v) is 7.85. The fraction of sp³-hybridized carbons (Fsp3) is 0.118. The first kappa shape index (κ1) is 14.4. The summed E-state index contributed by atoms with van der Waals surface area (Å²) in [4.78, 5) is 17.0. The largest absolute Gasteiger partial charge is 0.272 e. The molecule has 1 aliphatic rings. The first-order valence-electron chi connectivity index (χ1n) is 7.09. The van der Waals surface area contributed by atoms with Gasteiger partial charge in [-0.25, -0.2) is 4.98 Å². The number of aromatic nitrogens is 1. The van der Waals surface area contributed by atoms with E-state index in [-0.39, 0.29) is 5.91 Å². The Morgan fingerprint density at radius 1 is 1.13 bits per heavy atom. The van der Waals surface area contributed by atoms with Gasteiger partial charge in [0, 0.05) is 21.5 Å². The molecule has 0 spiro atoms. The molecule has 114 valence electrons. The number of rotatable bonds is 1. The Morgan fingerprint density at radius 2 is 1.91 bits per heavy atom. The van der Waals surface area contributed by atoms with E-state index < -0.39 is 0 Å². The molecule has 1 aromatic heterocycles. The lowest BCUT2D eigenvalue weighted by Gasteiger charge is -2.18. The standard InChI is InChI=1S/C17H11Cl2N3O/c1-9-6-15(23)22(21-9)17-11-4-2-3-5-14(11)20-16-12(17)7-10(18)8-13(16)19/h2-5,7-8H,6H2,1H3. The number of anilines is 1. The summed E-state index contributed by atoms with van der Waals surface area (Å²) >= 11 is 12.5. The molecule has 23 heavy (non-hydrogen) atoms. The number of amides is 1. The maximum absolute atomic E-state index is 12.4. The van der Waals surface area contributed by atoms with Gasteiger partial charge in [0.05, 0.1) is 28.2 Å². The third kappa shape index (κ3) is 2.26. The third-order valence-corrected chi connectivity index (χ3v) is 4.31. The predicted molar refractivity (Wildman–Crippen MR) is 94.5 cm³/mol. The molecule has 2 heterocycles. The van der Waals surface area contributed by atoms with Crippen molar-refractivity contribution in [2.75, 3.05) is 5.01 Å². The minimum Gasteiger partial charge on any atom is -0.272 e. The molecule has 4 rings (SSSR count). The number of hydrazone groups is 1. The van der Waals surface area contributed by atoms with Crippen LogP contribution in [0.4, 0.5) is 5.69 Å². The molecule has 0 radical (unpaired) electrons. The zero-order valence-electron chi connectivity index (χ0n) is 12.2. The van der Waals surface area contributed by atoms with Crippen LogP contribution >= 0.6 is 23.2 Å². The van der Waals surface area contributed by atoms with Crippen LogP contribution in [0.2, 0.25) is 10.0 Å². The molecule has 6 heteroatoms. The third-order valence-electron chi connectivity index (χ3n) is 3.80. The number of carbonyl (C=O) groups is 1. The minimum absolute atomic E-state index is 0.0729. The van der Waals surface area contributed by atoms with Crippen molar-refractivity contribution < 1.29 is 4.79 Å². The van der Waals surface area contributed by atoms with Crippen molar-refractivity contribution in [2.24, 2.45) is 5.10 Å². The topological polar surface area (TPSA) is 45.6 Å². The normalized spacial score (nSPS) is 14.8. The second kappa shape index (κ2) is 5.18. The number of nitrogens with zero attached hydrogens (tertiary/aromatic N) is 3. The summed E-state index contributed by atoms with van der Waals surface area (Å²) in [6.07, 6.45) is 0.312. The molecule has 0 saturated heterocycles. The fourth-order valence-electron chi connectivity index (χ4n) is 2.86. The SMILES string of the molecule is CC1=NN(c2c3ccccc3nc3c(Cl)cc(Cl)cc23)C(=O)C1. The molecule has 1 amide bonds. The molecule has 0 bridgehead atoms. The average Bonchev–Trinajstić information content (AvgIpc) is 2.83. The number of para-hydroxylation sites is 1. The van der Waals surface area contributed by atoms with E-state index in [0.717, 1.165) is 16.6 Å².